The fourth-order valence-electron chi connectivity index (χ4n) is 3.92. The van der Waals surface area contributed by atoms with Gasteiger partial charge >= 0.3 is 5.97 Å². The van der Waals surface area contributed by atoms with Gasteiger partial charge in [-0.3, -0.25) is 4.79 Å². The van der Waals surface area contributed by atoms with Gasteiger partial charge in [0.05, 0.1) is 6.61 Å². The Kier molecular flexibility index (Phi) is 4.22. The zero-order chi connectivity index (χ0) is 14.3. The van der Waals surface area contributed by atoms with Crippen molar-refractivity contribution in [2.24, 2.45) is 22.5 Å². The average molecular weight is 285 g/mol. The van der Waals surface area contributed by atoms with Gasteiger partial charge in [0.25, 0.3) is 0 Å². The van der Waals surface area contributed by atoms with Gasteiger partial charge in [-0.1, -0.05) is 20.8 Å². The number of carbonyl (C=O) groups is 1. The number of hydrogen-bond acceptors (Lipinski definition) is 4. The van der Waals surface area contributed by atoms with Gasteiger partial charge in [0, 0.05) is 11.0 Å². The van der Waals surface area contributed by atoms with Gasteiger partial charge in [0.2, 0.25) is 0 Å². The maximum atomic E-state index is 11.6. The smallest absolute Gasteiger partial charge is 0.323 e. The topological polar surface area (TPSA) is 52.3 Å². The van der Waals surface area contributed by atoms with E-state index in [2.05, 4.69) is 20.8 Å². The van der Waals surface area contributed by atoms with E-state index in [1.807, 2.05) is 18.7 Å². The lowest BCUT2D eigenvalue weighted by Crippen LogP contribution is -2.38. The van der Waals surface area contributed by atoms with E-state index in [4.69, 9.17) is 10.5 Å². The molecule has 0 saturated heterocycles. The van der Waals surface area contributed by atoms with Crippen LogP contribution in [0.4, 0.5) is 0 Å². The largest absolute Gasteiger partial charge is 0.465 e. The number of esters is 1. The minimum absolute atomic E-state index is 0.262. The van der Waals surface area contributed by atoms with Crippen LogP contribution in [0.1, 0.15) is 47.0 Å². The molecular formula is C15H27NO2S. The number of fused-ring (bicyclic) bond motifs is 2. The SMILES string of the molecule is CCOC(=O)[C@@H](N)CSC1CC2CCC1(C)C2(C)C. The summed E-state index contributed by atoms with van der Waals surface area (Å²) in [6.07, 6.45) is 3.96. The minimum Gasteiger partial charge on any atom is -0.465 e. The summed E-state index contributed by atoms with van der Waals surface area (Å²) in [6.45, 7) is 9.48. The number of ether oxygens (including phenoxy) is 1. The van der Waals surface area contributed by atoms with E-state index < -0.39 is 6.04 Å². The molecule has 0 amide bonds. The second-order valence-electron chi connectivity index (χ2n) is 6.79. The Balaban J connectivity index is 1.90. The first kappa shape index (κ1) is 15.2. The van der Waals surface area contributed by atoms with Gasteiger partial charge < -0.3 is 10.5 Å². The molecule has 2 fully saturated rings. The van der Waals surface area contributed by atoms with Crippen molar-refractivity contribution in [1.29, 1.82) is 0 Å². The molecule has 3 unspecified atom stereocenters. The molecule has 3 nitrogen and oxygen atoms in total. The molecule has 0 radical (unpaired) electrons. The van der Waals surface area contributed by atoms with Gasteiger partial charge in [0.15, 0.2) is 0 Å². The standard InChI is InChI=1S/C15H27NO2S/c1-5-18-13(17)11(16)9-19-12-8-10-6-7-15(12,4)14(10,2)3/h10-12H,5-9,16H2,1-4H3/t10?,11-,12?,15?/m0/s1. The van der Waals surface area contributed by atoms with Crippen molar-refractivity contribution in [2.45, 2.75) is 58.2 Å². The Morgan fingerprint density at radius 2 is 2.16 bits per heavy atom. The minimum atomic E-state index is -0.476. The third kappa shape index (κ3) is 2.42. The number of hydrogen-bond donors (Lipinski definition) is 1. The number of nitrogens with two attached hydrogens (primary N) is 1. The number of thioether (sulfide) groups is 1. The number of carbonyl (C=O) groups excluding carboxylic acids is 1. The number of rotatable bonds is 5. The van der Waals surface area contributed by atoms with Crippen molar-refractivity contribution in [1.82, 2.24) is 0 Å². The zero-order valence-electron chi connectivity index (χ0n) is 12.6. The van der Waals surface area contributed by atoms with Crippen molar-refractivity contribution in [3.63, 3.8) is 0 Å². The normalized spacial score (nSPS) is 37.3. The van der Waals surface area contributed by atoms with Crippen molar-refractivity contribution in [2.75, 3.05) is 12.4 Å². The van der Waals surface area contributed by atoms with Crippen LogP contribution >= 0.6 is 11.8 Å². The van der Waals surface area contributed by atoms with Crippen LogP contribution in [0.25, 0.3) is 0 Å². The molecule has 0 aromatic rings. The molecular weight excluding hydrogens is 258 g/mol. The van der Waals surface area contributed by atoms with Crippen LogP contribution < -0.4 is 5.73 Å². The molecule has 2 N–H and O–H groups in total. The van der Waals surface area contributed by atoms with E-state index >= 15 is 0 Å². The molecule has 2 aliphatic rings. The van der Waals surface area contributed by atoms with Crippen molar-refractivity contribution >= 4 is 17.7 Å². The van der Waals surface area contributed by atoms with Crippen LogP contribution in [0, 0.1) is 16.7 Å². The van der Waals surface area contributed by atoms with Gasteiger partial charge in [-0.05, 0) is 42.9 Å². The van der Waals surface area contributed by atoms with Crippen molar-refractivity contribution in [3.8, 4) is 0 Å². The van der Waals surface area contributed by atoms with Crippen LogP contribution in [-0.2, 0) is 9.53 Å². The zero-order valence-corrected chi connectivity index (χ0v) is 13.4. The molecule has 2 aliphatic carbocycles. The Labute approximate surface area is 121 Å². The van der Waals surface area contributed by atoms with Crippen LogP contribution in [0.3, 0.4) is 0 Å². The Morgan fingerprint density at radius 1 is 1.47 bits per heavy atom. The highest BCUT2D eigenvalue weighted by Gasteiger charge is 2.61. The summed E-state index contributed by atoms with van der Waals surface area (Å²) >= 11 is 1.88. The summed E-state index contributed by atoms with van der Waals surface area (Å²) < 4.78 is 4.97. The van der Waals surface area contributed by atoms with E-state index in [-0.39, 0.29) is 5.97 Å². The third-order valence-electron chi connectivity index (χ3n) is 5.78. The molecule has 2 saturated carbocycles. The highest BCUT2D eigenvalue weighted by molar-refractivity contribution is 8.00. The van der Waals surface area contributed by atoms with Crippen molar-refractivity contribution in [3.05, 3.63) is 0 Å². The monoisotopic (exact) mass is 285 g/mol. The predicted octanol–water partition coefficient (Wildman–Crippen LogP) is 2.82. The summed E-state index contributed by atoms with van der Waals surface area (Å²) in [6, 6.07) is -0.476. The van der Waals surface area contributed by atoms with Crippen LogP contribution in [0.2, 0.25) is 0 Å². The summed E-state index contributed by atoms with van der Waals surface area (Å²) in [7, 11) is 0. The second kappa shape index (κ2) is 5.28. The van der Waals surface area contributed by atoms with E-state index in [0.29, 0.717) is 28.4 Å². The molecule has 4 atom stereocenters. The van der Waals surface area contributed by atoms with Crippen LogP contribution in [-0.4, -0.2) is 29.6 Å². The molecule has 0 aliphatic heterocycles. The summed E-state index contributed by atoms with van der Waals surface area (Å²) in [5, 5.41) is 0.640. The third-order valence-corrected chi connectivity index (χ3v) is 7.45. The van der Waals surface area contributed by atoms with Crippen LogP contribution in [0.15, 0.2) is 0 Å². The lowest BCUT2D eigenvalue weighted by atomic mass is 9.71. The van der Waals surface area contributed by atoms with E-state index in [9.17, 15) is 4.79 Å². The molecule has 19 heavy (non-hydrogen) atoms. The van der Waals surface area contributed by atoms with E-state index in [1.165, 1.54) is 19.3 Å². The second-order valence-corrected chi connectivity index (χ2v) is 8.03. The molecule has 2 bridgehead atoms. The van der Waals surface area contributed by atoms with E-state index in [1.54, 1.807) is 0 Å². The Bertz CT molecular complexity index is 358. The maximum Gasteiger partial charge on any atom is 0.323 e. The first-order valence-electron chi connectivity index (χ1n) is 7.36. The molecule has 0 aromatic heterocycles. The summed E-state index contributed by atoms with van der Waals surface area (Å²) in [4.78, 5) is 11.6. The maximum absolute atomic E-state index is 11.6. The molecule has 0 spiro atoms. The fourth-order valence-corrected chi connectivity index (χ4v) is 5.65. The highest BCUT2D eigenvalue weighted by atomic mass is 32.2. The van der Waals surface area contributed by atoms with Crippen LogP contribution in [0.5, 0.6) is 0 Å². The quantitative estimate of drug-likeness (QED) is 0.789. The lowest BCUT2D eigenvalue weighted by Gasteiger charge is -2.39. The van der Waals surface area contributed by atoms with Gasteiger partial charge in [-0.25, -0.2) is 0 Å². The molecule has 110 valence electrons. The average Bonchev–Trinajstić information content (AvgIpc) is 2.68. The highest BCUT2D eigenvalue weighted by Crippen LogP contribution is 2.68. The van der Waals surface area contributed by atoms with Gasteiger partial charge in [-0.15, -0.1) is 0 Å². The van der Waals surface area contributed by atoms with Gasteiger partial charge in [0.1, 0.15) is 6.04 Å². The molecule has 0 aromatic carbocycles. The Hall–Kier alpha value is -0.220. The summed E-state index contributed by atoms with van der Waals surface area (Å²) in [5.41, 5.74) is 6.72. The first-order chi connectivity index (χ1) is 8.83. The van der Waals surface area contributed by atoms with Gasteiger partial charge in [-0.2, -0.15) is 11.8 Å². The van der Waals surface area contributed by atoms with E-state index in [0.717, 1.165) is 5.92 Å². The predicted molar refractivity (Wildman–Crippen MR) is 80.1 cm³/mol. The summed E-state index contributed by atoms with van der Waals surface area (Å²) in [5.74, 6) is 1.26. The molecule has 0 heterocycles. The van der Waals surface area contributed by atoms with Crippen molar-refractivity contribution < 1.29 is 9.53 Å². The Morgan fingerprint density at radius 3 is 2.63 bits per heavy atom. The molecule has 2 rings (SSSR count). The lowest BCUT2D eigenvalue weighted by molar-refractivity contribution is -0.144. The first-order valence-corrected chi connectivity index (χ1v) is 8.41. The molecule has 4 heteroatoms. The fraction of sp³-hybridized carbons (Fsp3) is 0.933.